The molecule has 0 spiro atoms. The highest BCUT2D eigenvalue weighted by Crippen LogP contribution is 2.25. The van der Waals surface area contributed by atoms with Crippen LogP contribution in [0.2, 0.25) is 0 Å². The summed E-state index contributed by atoms with van der Waals surface area (Å²) in [7, 11) is 5.05. The quantitative estimate of drug-likeness (QED) is 0.627. The lowest BCUT2D eigenvalue weighted by Gasteiger charge is -2.36. The summed E-state index contributed by atoms with van der Waals surface area (Å²) < 4.78 is 5.12. The Morgan fingerprint density at radius 1 is 1.03 bits per heavy atom. The predicted molar refractivity (Wildman–Crippen MR) is 126 cm³/mol. The van der Waals surface area contributed by atoms with E-state index in [1.54, 1.807) is 62.5 Å². The van der Waals surface area contributed by atoms with E-state index in [9.17, 15) is 19.5 Å². The van der Waals surface area contributed by atoms with Gasteiger partial charge in [-0.15, -0.1) is 0 Å². The highest BCUT2D eigenvalue weighted by Gasteiger charge is 2.22. The van der Waals surface area contributed by atoms with Crippen molar-refractivity contribution in [1.29, 1.82) is 0 Å². The van der Waals surface area contributed by atoms with Crippen LogP contribution in [0, 0.1) is 0 Å². The first-order chi connectivity index (χ1) is 15.8. The minimum atomic E-state index is -1.10. The molecule has 0 aromatic heterocycles. The first kappa shape index (κ1) is 24.1. The van der Waals surface area contributed by atoms with Gasteiger partial charge in [0.25, 0.3) is 0 Å². The molecule has 0 saturated carbocycles. The molecule has 0 atom stereocenters. The molecule has 0 aliphatic carbocycles. The normalized spacial score (nSPS) is 14.0. The van der Waals surface area contributed by atoms with Crippen LogP contribution in [-0.2, 0) is 16.0 Å². The Morgan fingerprint density at radius 3 is 2.27 bits per heavy atom. The molecule has 2 N–H and O–H groups in total. The lowest BCUT2D eigenvalue weighted by atomic mass is 10.1. The van der Waals surface area contributed by atoms with Gasteiger partial charge in [0.05, 0.1) is 31.3 Å². The number of likely N-dealkylation sites (N-methyl/N-ethyl adjacent to an activating group) is 1. The first-order valence-corrected chi connectivity index (χ1v) is 10.7. The molecule has 2 aromatic rings. The van der Waals surface area contributed by atoms with Gasteiger partial charge in [-0.05, 0) is 35.9 Å². The Balaban J connectivity index is 1.64. The number of rotatable bonds is 8. The fourth-order valence-electron chi connectivity index (χ4n) is 3.63. The topological polar surface area (TPSA) is 102 Å². The number of hydrogen-bond acceptors (Lipinski definition) is 6. The van der Waals surface area contributed by atoms with Gasteiger partial charge in [0, 0.05) is 46.0 Å². The number of carboxylic acids is 1. The van der Waals surface area contributed by atoms with Gasteiger partial charge >= 0.3 is 5.97 Å². The molecule has 2 aromatic carbocycles. The highest BCUT2D eigenvalue weighted by molar-refractivity contribution is 6.01. The van der Waals surface area contributed by atoms with Crippen molar-refractivity contribution < 1.29 is 24.2 Å². The number of aromatic carboxylic acids is 1. The third kappa shape index (κ3) is 6.45. The third-order valence-corrected chi connectivity index (χ3v) is 5.63. The summed E-state index contributed by atoms with van der Waals surface area (Å²) >= 11 is 0. The second-order valence-corrected chi connectivity index (χ2v) is 8.16. The number of hydrogen-bond donors (Lipinski definition) is 2. The molecule has 1 aliphatic rings. The summed E-state index contributed by atoms with van der Waals surface area (Å²) in [4.78, 5) is 42.0. The van der Waals surface area contributed by atoms with Crippen LogP contribution in [-0.4, -0.2) is 86.6 Å². The van der Waals surface area contributed by atoms with E-state index in [-0.39, 0.29) is 29.5 Å². The number of ether oxygens (including phenoxy) is 1. The van der Waals surface area contributed by atoms with Crippen LogP contribution >= 0.6 is 0 Å². The smallest absolute Gasteiger partial charge is 0.337 e. The van der Waals surface area contributed by atoms with Gasteiger partial charge in [-0.3, -0.25) is 14.5 Å². The van der Waals surface area contributed by atoms with Crippen LogP contribution in [0.1, 0.15) is 15.9 Å². The van der Waals surface area contributed by atoms with Crippen molar-refractivity contribution in [2.75, 3.05) is 64.1 Å². The number of benzene rings is 2. The Kier molecular flexibility index (Phi) is 7.89. The fourth-order valence-corrected chi connectivity index (χ4v) is 3.63. The van der Waals surface area contributed by atoms with Crippen LogP contribution in [0.15, 0.2) is 42.5 Å². The van der Waals surface area contributed by atoms with Crippen molar-refractivity contribution in [3.8, 4) is 5.75 Å². The summed E-state index contributed by atoms with van der Waals surface area (Å²) in [6, 6.07) is 12.2. The number of carbonyl (C=O) groups is 3. The average Bonchev–Trinajstić information content (AvgIpc) is 2.80. The van der Waals surface area contributed by atoms with Crippen LogP contribution in [0.25, 0.3) is 0 Å². The van der Waals surface area contributed by atoms with Gasteiger partial charge in [0.1, 0.15) is 5.75 Å². The van der Waals surface area contributed by atoms with Gasteiger partial charge in [-0.1, -0.05) is 12.1 Å². The van der Waals surface area contributed by atoms with Crippen LogP contribution in [0.5, 0.6) is 5.75 Å². The van der Waals surface area contributed by atoms with Gasteiger partial charge in [0.15, 0.2) is 0 Å². The molecule has 0 radical (unpaired) electrons. The molecule has 1 fully saturated rings. The zero-order valence-electron chi connectivity index (χ0n) is 19.2. The van der Waals surface area contributed by atoms with E-state index in [0.29, 0.717) is 38.5 Å². The molecule has 0 bridgehead atoms. The van der Waals surface area contributed by atoms with E-state index in [0.717, 1.165) is 11.3 Å². The van der Waals surface area contributed by atoms with Crippen molar-refractivity contribution in [2.24, 2.45) is 0 Å². The molecule has 1 saturated heterocycles. The molecule has 1 aliphatic heterocycles. The minimum absolute atomic E-state index is 0.0424. The van der Waals surface area contributed by atoms with Crippen LogP contribution in [0.3, 0.4) is 0 Å². The summed E-state index contributed by atoms with van der Waals surface area (Å²) in [5.41, 5.74) is 1.88. The van der Waals surface area contributed by atoms with Gasteiger partial charge in [-0.2, -0.15) is 0 Å². The van der Waals surface area contributed by atoms with Gasteiger partial charge < -0.3 is 25.0 Å². The van der Waals surface area contributed by atoms with E-state index in [1.807, 2.05) is 6.07 Å². The zero-order chi connectivity index (χ0) is 24.0. The lowest BCUT2D eigenvalue weighted by molar-refractivity contribution is -0.130. The third-order valence-electron chi connectivity index (χ3n) is 5.63. The Labute approximate surface area is 193 Å². The SMILES string of the molecule is COc1ccc(CC(=O)Nc2ccc(N3CCN(CC(=O)N(C)C)CC3)cc2C(=O)O)cc1. The molecule has 0 unspecified atom stereocenters. The lowest BCUT2D eigenvalue weighted by Crippen LogP contribution is -2.49. The van der Waals surface area contributed by atoms with E-state index < -0.39 is 5.97 Å². The number of amides is 2. The molecular formula is C24H30N4O5. The number of carbonyl (C=O) groups excluding carboxylic acids is 2. The van der Waals surface area contributed by atoms with Crippen LogP contribution in [0.4, 0.5) is 11.4 Å². The highest BCUT2D eigenvalue weighted by atomic mass is 16.5. The maximum absolute atomic E-state index is 12.5. The number of methoxy groups -OCH3 is 1. The number of carboxylic acid groups (broad SMARTS) is 1. The number of piperazine rings is 1. The molecule has 9 heteroatoms. The van der Waals surface area contributed by atoms with Crippen molar-refractivity contribution in [2.45, 2.75) is 6.42 Å². The first-order valence-electron chi connectivity index (χ1n) is 10.7. The largest absolute Gasteiger partial charge is 0.497 e. The molecule has 9 nitrogen and oxygen atoms in total. The summed E-state index contributed by atoms with van der Waals surface area (Å²) in [5, 5.41) is 12.4. The number of nitrogens with zero attached hydrogens (tertiary/aromatic N) is 3. The second kappa shape index (κ2) is 10.8. The fraction of sp³-hybridized carbons (Fsp3) is 0.375. The Morgan fingerprint density at radius 2 is 1.70 bits per heavy atom. The average molecular weight is 455 g/mol. The molecule has 2 amide bonds. The predicted octanol–water partition coefficient (Wildman–Crippen LogP) is 1.78. The molecule has 176 valence electrons. The maximum atomic E-state index is 12.5. The second-order valence-electron chi connectivity index (χ2n) is 8.16. The number of anilines is 2. The van der Waals surface area contributed by atoms with E-state index in [2.05, 4.69) is 15.1 Å². The molecule has 1 heterocycles. The van der Waals surface area contributed by atoms with Crippen molar-refractivity contribution >= 4 is 29.2 Å². The van der Waals surface area contributed by atoms with E-state index in [1.165, 1.54) is 0 Å². The monoisotopic (exact) mass is 454 g/mol. The molecule has 3 rings (SSSR count). The van der Waals surface area contributed by atoms with Crippen molar-refractivity contribution in [3.63, 3.8) is 0 Å². The molecule has 33 heavy (non-hydrogen) atoms. The van der Waals surface area contributed by atoms with E-state index in [4.69, 9.17) is 4.74 Å². The maximum Gasteiger partial charge on any atom is 0.337 e. The summed E-state index contributed by atoms with van der Waals surface area (Å²) in [6.07, 6.45) is 0.123. The van der Waals surface area contributed by atoms with Crippen molar-refractivity contribution in [1.82, 2.24) is 9.80 Å². The molecular weight excluding hydrogens is 424 g/mol. The Hall–Kier alpha value is -3.59. The van der Waals surface area contributed by atoms with Crippen molar-refractivity contribution in [3.05, 3.63) is 53.6 Å². The van der Waals surface area contributed by atoms with Crippen LogP contribution < -0.4 is 15.0 Å². The summed E-state index contributed by atoms with van der Waals surface area (Å²) in [5.74, 6) is -0.638. The van der Waals surface area contributed by atoms with E-state index >= 15 is 0 Å². The standard InChI is InChI=1S/C24H30N4O5/c1-26(2)23(30)16-27-10-12-28(13-11-27)18-6-9-21(20(15-18)24(31)32)25-22(29)14-17-4-7-19(33-3)8-5-17/h4-9,15H,10-14,16H2,1-3H3,(H,25,29)(H,31,32). The van der Waals surface area contributed by atoms with Gasteiger partial charge in [0.2, 0.25) is 11.8 Å². The zero-order valence-corrected chi connectivity index (χ0v) is 19.2. The summed E-state index contributed by atoms with van der Waals surface area (Å²) in [6.45, 7) is 3.16. The number of nitrogens with one attached hydrogen (secondary N) is 1. The Bertz CT molecular complexity index is 998. The van der Waals surface area contributed by atoms with Gasteiger partial charge in [-0.25, -0.2) is 4.79 Å². The minimum Gasteiger partial charge on any atom is -0.497 e.